The molecule has 1 N–H and O–H groups in total. The summed E-state index contributed by atoms with van der Waals surface area (Å²) in [5.74, 6) is 0.423. The minimum atomic E-state index is -0.353. The van der Waals surface area contributed by atoms with E-state index in [2.05, 4.69) is 15.3 Å². The molecule has 0 atom stereocenters. The van der Waals surface area contributed by atoms with E-state index < -0.39 is 0 Å². The van der Waals surface area contributed by atoms with Crippen molar-refractivity contribution in [1.29, 1.82) is 0 Å². The van der Waals surface area contributed by atoms with E-state index in [1.807, 2.05) is 30.3 Å². The molecule has 0 aliphatic rings. The number of hydrogen-bond donors (Lipinski definition) is 1. The van der Waals surface area contributed by atoms with E-state index in [0.29, 0.717) is 32.8 Å². The average molecular weight is 478 g/mol. The third kappa shape index (κ3) is 6.12. The summed E-state index contributed by atoms with van der Waals surface area (Å²) in [5.41, 5.74) is 1.43. The van der Waals surface area contributed by atoms with Gasteiger partial charge in [-0.25, -0.2) is 14.4 Å². The number of hydrogen-bond acceptors (Lipinski definition) is 6. The number of methoxy groups -OCH3 is 1. The second kappa shape index (κ2) is 11.0. The van der Waals surface area contributed by atoms with E-state index in [1.165, 1.54) is 29.6 Å². The van der Waals surface area contributed by atoms with Gasteiger partial charge in [-0.15, -0.1) is 0 Å². The van der Waals surface area contributed by atoms with E-state index >= 15 is 0 Å². The van der Waals surface area contributed by atoms with Crippen LogP contribution in [0.15, 0.2) is 100 Å². The molecule has 0 bridgehead atoms. The van der Waals surface area contributed by atoms with Gasteiger partial charge in [-0.1, -0.05) is 59.9 Å². The maximum atomic E-state index is 14.0. The fourth-order valence-corrected chi connectivity index (χ4v) is 4.59. The number of carbonyl (C=O) groups is 1. The van der Waals surface area contributed by atoms with Crippen molar-refractivity contribution in [2.24, 2.45) is 0 Å². The van der Waals surface area contributed by atoms with Crippen LogP contribution in [-0.2, 0) is 5.75 Å². The van der Waals surface area contributed by atoms with Crippen LogP contribution in [0.5, 0.6) is 5.75 Å². The Balaban J connectivity index is 1.59. The number of thioether (sulfide) groups is 1. The van der Waals surface area contributed by atoms with Gasteiger partial charge in [-0.2, -0.15) is 0 Å². The van der Waals surface area contributed by atoms with Crippen LogP contribution in [0.2, 0.25) is 0 Å². The second-order valence-corrected chi connectivity index (χ2v) is 8.90. The number of rotatable bonds is 8. The zero-order valence-electron chi connectivity index (χ0n) is 17.7. The third-order valence-corrected chi connectivity index (χ3v) is 6.52. The number of nitrogens with one attached hydrogen (secondary N) is 1. The number of ether oxygens (including phenoxy) is 1. The monoisotopic (exact) mass is 477 g/mol. The zero-order chi connectivity index (χ0) is 23.0. The summed E-state index contributed by atoms with van der Waals surface area (Å²) >= 11 is 2.69. The quantitative estimate of drug-likeness (QED) is 0.237. The molecule has 1 amide bonds. The fourth-order valence-electron chi connectivity index (χ4n) is 2.90. The van der Waals surface area contributed by atoms with E-state index in [0.717, 1.165) is 4.90 Å². The van der Waals surface area contributed by atoms with Gasteiger partial charge in [0.1, 0.15) is 17.3 Å². The van der Waals surface area contributed by atoms with Crippen molar-refractivity contribution in [2.75, 3.05) is 12.4 Å². The number of carbonyl (C=O) groups excluding carboxylic acids is 1. The molecule has 4 rings (SSSR count). The van der Waals surface area contributed by atoms with Gasteiger partial charge < -0.3 is 10.1 Å². The van der Waals surface area contributed by atoms with Crippen LogP contribution < -0.4 is 10.1 Å². The molecule has 4 aromatic rings. The van der Waals surface area contributed by atoms with Gasteiger partial charge in [0.2, 0.25) is 0 Å². The Labute approximate surface area is 199 Å². The number of nitrogens with zero attached hydrogens (tertiary/aromatic N) is 2. The van der Waals surface area contributed by atoms with Crippen molar-refractivity contribution in [3.8, 4) is 5.75 Å². The first-order chi connectivity index (χ1) is 16.1. The highest BCUT2D eigenvalue weighted by Gasteiger charge is 2.18. The molecule has 0 aliphatic heterocycles. The minimum absolute atomic E-state index is 0.255. The van der Waals surface area contributed by atoms with Gasteiger partial charge >= 0.3 is 0 Å². The summed E-state index contributed by atoms with van der Waals surface area (Å²) in [4.78, 5) is 23.7. The summed E-state index contributed by atoms with van der Waals surface area (Å²) in [7, 11) is 1.59. The predicted molar refractivity (Wildman–Crippen MR) is 130 cm³/mol. The van der Waals surface area contributed by atoms with Gasteiger partial charge in [-0.3, -0.25) is 4.79 Å². The lowest BCUT2D eigenvalue weighted by Crippen LogP contribution is -2.16. The van der Waals surface area contributed by atoms with E-state index in [9.17, 15) is 9.18 Å². The summed E-state index contributed by atoms with van der Waals surface area (Å²) in [6.45, 7) is 0. The van der Waals surface area contributed by atoms with Gasteiger partial charge in [0.05, 0.1) is 12.0 Å². The molecular weight excluding hydrogens is 457 g/mol. The number of anilines is 1. The van der Waals surface area contributed by atoms with Crippen LogP contribution in [0, 0.1) is 5.82 Å². The van der Waals surface area contributed by atoms with Crippen molar-refractivity contribution in [1.82, 2.24) is 9.97 Å². The van der Waals surface area contributed by atoms with E-state index in [-0.39, 0.29) is 17.4 Å². The minimum Gasteiger partial charge on any atom is -0.497 e. The molecule has 8 heteroatoms. The number of benzene rings is 3. The Morgan fingerprint density at radius 1 is 1.00 bits per heavy atom. The Morgan fingerprint density at radius 3 is 2.45 bits per heavy atom. The van der Waals surface area contributed by atoms with Crippen LogP contribution in [-0.4, -0.2) is 23.0 Å². The zero-order valence-corrected chi connectivity index (χ0v) is 19.3. The molecule has 0 saturated heterocycles. The first kappa shape index (κ1) is 22.8. The van der Waals surface area contributed by atoms with Crippen LogP contribution in [0.25, 0.3) is 0 Å². The highest BCUT2D eigenvalue weighted by molar-refractivity contribution is 7.99. The van der Waals surface area contributed by atoms with Crippen molar-refractivity contribution in [3.63, 3.8) is 0 Å². The van der Waals surface area contributed by atoms with Crippen LogP contribution in [0.3, 0.4) is 0 Å². The first-order valence-corrected chi connectivity index (χ1v) is 11.8. The SMILES string of the molecule is COc1ccc(NC(=O)c2nc(SCc3ccccc3F)ncc2Sc2ccccc2)cc1. The molecule has 0 aliphatic carbocycles. The molecule has 0 saturated carbocycles. The lowest BCUT2D eigenvalue weighted by atomic mass is 10.2. The van der Waals surface area contributed by atoms with Crippen molar-refractivity contribution in [2.45, 2.75) is 20.7 Å². The first-order valence-electron chi connectivity index (χ1n) is 10.0. The molecule has 3 aromatic carbocycles. The van der Waals surface area contributed by atoms with E-state index in [4.69, 9.17) is 4.74 Å². The topological polar surface area (TPSA) is 64.1 Å². The molecule has 0 unspecified atom stereocenters. The Kier molecular flexibility index (Phi) is 7.59. The highest BCUT2D eigenvalue weighted by atomic mass is 32.2. The maximum absolute atomic E-state index is 14.0. The van der Waals surface area contributed by atoms with Gasteiger partial charge in [0.15, 0.2) is 5.16 Å². The smallest absolute Gasteiger partial charge is 0.275 e. The molecule has 5 nitrogen and oxygen atoms in total. The molecule has 0 spiro atoms. The van der Waals surface area contributed by atoms with Crippen molar-refractivity contribution < 1.29 is 13.9 Å². The summed E-state index contributed by atoms with van der Waals surface area (Å²) in [5, 5.41) is 3.28. The summed E-state index contributed by atoms with van der Waals surface area (Å²) < 4.78 is 19.1. The predicted octanol–water partition coefficient (Wildman–Crippen LogP) is 6.32. The van der Waals surface area contributed by atoms with Crippen molar-refractivity contribution in [3.05, 3.63) is 102 Å². The number of aromatic nitrogens is 2. The van der Waals surface area contributed by atoms with Crippen LogP contribution >= 0.6 is 23.5 Å². The molecule has 166 valence electrons. The normalized spacial score (nSPS) is 10.6. The van der Waals surface area contributed by atoms with E-state index in [1.54, 1.807) is 55.8 Å². The van der Waals surface area contributed by atoms with Gasteiger partial charge in [0, 0.05) is 22.5 Å². The van der Waals surface area contributed by atoms with Crippen LogP contribution in [0.4, 0.5) is 10.1 Å². The molecule has 0 fully saturated rings. The molecular formula is C25H20FN3O2S2. The highest BCUT2D eigenvalue weighted by Crippen LogP contribution is 2.31. The lowest BCUT2D eigenvalue weighted by molar-refractivity contribution is 0.101. The largest absolute Gasteiger partial charge is 0.497 e. The average Bonchev–Trinajstić information content (AvgIpc) is 2.85. The standard InChI is InChI=1S/C25H20FN3O2S2/c1-31-19-13-11-18(12-14-19)28-24(30)23-22(33-20-8-3-2-4-9-20)15-27-25(29-23)32-16-17-7-5-6-10-21(17)26/h2-15H,16H2,1H3,(H,28,30). The van der Waals surface area contributed by atoms with Gasteiger partial charge in [0.25, 0.3) is 5.91 Å². The van der Waals surface area contributed by atoms with Crippen LogP contribution in [0.1, 0.15) is 16.1 Å². The number of amides is 1. The second-order valence-electron chi connectivity index (χ2n) is 6.84. The summed E-state index contributed by atoms with van der Waals surface area (Å²) in [6.07, 6.45) is 1.64. The number of halogens is 1. The molecule has 1 heterocycles. The Morgan fingerprint density at radius 2 is 1.73 bits per heavy atom. The Bertz CT molecular complexity index is 1240. The lowest BCUT2D eigenvalue weighted by Gasteiger charge is -2.11. The van der Waals surface area contributed by atoms with Gasteiger partial charge in [-0.05, 0) is 48.0 Å². The molecule has 0 radical (unpaired) electrons. The third-order valence-electron chi connectivity index (χ3n) is 4.58. The Hall–Kier alpha value is -3.36. The van der Waals surface area contributed by atoms with Crippen molar-refractivity contribution >= 4 is 35.1 Å². The summed E-state index contributed by atoms with van der Waals surface area (Å²) in [6, 6.07) is 23.3. The fraction of sp³-hybridized carbons (Fsp3) is 0.0800. The maximum Gasteiger partial charge on any atom is 0.275 e. The molecule has 1 aromatic heterocycles. The molecule has 33 heavy (non-hydrogen) atoms.